The standard InChI is InChI=1S/C13H16N6S/c1-2-5-19-12(15-8-16-19)7-20-13-17-10-4-3-9(14)6-11(10)18-13/h3-4,6,8H,2,5,7,14H2,1H3,(H,17,18). The van der Waals surface area contributed by atoms with Crippen LogP contribution in [-0.4, -0.2) is 24.7 Å². The first-order valence-electron chi connectivity index (χ1n) is 6.51. The molecule has 0 bridgehead atoms. The molecule has 1 aromatic carbocycles. The fourth-order valence-electron chi connectivity index (χ4n) is 2.00. The van der Waals surface area contributed by atoms with Gasteiger partial charge in [-0.1, -0.05) is 18.7 Å². The second-order valence-corrected chi connectivity index (χ2v) is 5.47. The maximum Gasteiger partial charge on any atom is 0.166 e. The summed E-state index contributed by atoms with van der Waals surface area (Å²) in [5.74, 6) is 1.71. The van der Waals surface area contributed by atoms with Crippen molar-refractivity contribution in [3.8, 4) is 0 Å². The van der Waals surface area contributed by atoms with Gasteiger partial charge in [0.25, 0.3) is 0 Å². The molecule has 7 heteroatoms. The molecule has 3 rings (SSSR count). The maximum absolute atomic E-state index is 5.76. The van der Waals surface area contributed by atoms with Crippen LogP contribution in [0.3, 0.4) is 0 Å². The van der Waals surface area contributed by atoms with Crippen LogP contribution in [0.15, 0.2) is 29.7 Å². The summed E-state index contributed by atoms with van der Waals surface area (Å²) in [6.45, 7) is 3.02. The summed E-state index contributed by atoms with van der Waals surface area (Å²) in [5, 5.41) is 5.09. The van der Waals surface area contributed by atoms with Gasteiger partial charge in [-0.15, -0.1) is 0 Å². The van der Waals surface area contributed by atoms with Crippen LogP contribution in [0, 0.1) is 0 Å². The van der Waals surface area contributed by atoms with E-state index in [1.54, 1.807) is 18.1 Å². The zero-order chi connectivity index (χ0) is 13.9. The van der Waals surface area contributed by atoms with Crippen LogP contribution in [-0.2, 0) is 12.3 Å². The second-order valence-electron chi connectivity index (χ2n) is 4.51. The van der Waals surface area contributed by atoms with Crippen molar-refractivity contribution in [1.82, 2.24) is 24.7 Å². The van der Waals surface area contributed by atoms with Gasteiger partial charge in [-0.3, -0.25) is 0 Å². The molecule has 2 aromatic heterocycles. The number of nitrogens with two attached hydrogens (primary N) is 1. The van der Waals surface area contributed by atoms with Gasteiger partial charge in [-0.25, -0.2) is 14.6 Å². The minimum absolute atomic E-state index is 0.736. The number of aryl methyl sites for hydroxylation is 1. The second kappa shape index (κ2) is 5.54. The molecule has 2 heterocycles. The first-order valence-corrected chi connectivity index (χ1v) is 7.49. The van der Waals surface area contributed by atoms with Crippen LogP contribution in [0.2, 0.25) is 0 Å². The van der Waals surface area contributed by atoms with Gasteiger partial charge in [0.2, 0.25) is 0 Å². The van der Waals surface area contributed by atoms with Crippen LogP contribution in [0.25, 0.3) is 11.0 Å². The normalized spacial score (nSPS) is 11.2. The third-order valence-corrected chi connectivity index (χ3v) is 3.82. The Balaban J connectivity index is 1.74. The van der Waals surface area contributed by atoms with E-state index >= 15 is 0 Å². The lowest BCUT2D eigenvalue weighted by atomic mass is 10.3. The number of H-pyrrole nitrogens is 1. The number of fused-ring (bicyclic) bond motifs is 1. The Bertz CT molecular complexity index is 717. The molecular weight excluding hydrogens is 272 g/mol. The first kappa shape index (κ1) is 13.0. The largest absolute Gasteiger partial charge is 0.399 e. The summed E-state index contributed by atoms with van der Waals surface area (Å²) in [6.07, 6.45) is 2.65. The number of hydrogen-bond acceptors (Lipinski definition) is 5. The molecule has 0 aliphatic heterocycles. The molecule has 0 unspecified atom stereocenters. The Hall–Kier alpha value is -2.02. The molecule has 0 radical (unpaired) electrons. The van der Waals surface area contributed by atoms with Crippen molar-refractivity contribution >= 4 is 28.5 Å². The molecule has 0 saturated heterocycles. The first-order chi connectivity index (χ1) is 9.76. The van der Waals surface area contributed by atoms with Gasteiger partial charge < -0.3 is 10.7 Å². The minimum Gasteiger partial charge on any atom is -0.399 e. The fourth-order valence-corrected chi connectivity index (χ4v) is 2.84. The Morgan fingerprint density at radius 1 is 1.40 bits per heavy atom. The zero-order valence-electron chi connectivity index (χ0n) is 11.2. The van der Waals surface area contributed by atoms with Gasteiger partial charge in [0.1, 0.15) is 12.2 Å². The number of nitrogen functional groups attached to an aromatic ring is 1. The van der Waals surface area contributed by atoms with E-state index in [1.807, 2.05) is 22.9 Å². The molecule has 0 aliphatic rings. The van der Waals surface area contributed by atoms with E-state index in [4.69, 9.17) is 5.73 Å². The highest BCUT2D eigenvalue weighted by Gasteiger charge is 2.07. The lowest BCUT2D eigenvalue weighted by molar-refractivity contribution is 0.581. The van der Waals surface area contributed by atoms with Crippen LogP contribution < -0.4 is 5.73 Å². The van der Waals surface area contributed by atoms with E-state index < -0.39 is 0 Å². The fraction of sp³-hybridized carbons (Fsp3) is 0.308. The van der Waals surface area contributed by atoms with Crippen LogP contribution in [0.1, 0.15) is 19.2 Å². The monoisotopic (exact) mass is 288 g/mol. The summed E-state index contributed by atoms with van der Waals surface area (Å²) in [4.78, 5) is 12.1. The van der Waals surface area contributed by atoms with Gasteiger partial charge in [-0.2, -0.15) is 5.10 Å². The van der Waals surface area contributed by atoms with Crippen LogP contribution in [0.4, 0.5) is 5.69 Å². The smallest absolute Gasteiger partial charge is 0.166 e. The number of aromatic amines is 1. The van der Waals surface area contributed by atoms with E-state index in [2.05, 4.69) is 27.0 Å². The average Bonchev–Trinajstić information content (AvgIpc) is 3.02. The number of thioether (sulfide) groups is 1. The Morgan fingerprint density at radius 2 is 2.30 bits per heavy atom. The van der Waals surface area contributed by atoms with Gasteiger partial charge in [0.15, 0.2) is 5.16 Å². The molecule has 20 heavy (non-hydrogen) atoms. The lowest BCUT2D eigenvalue weighted by Gasteiger charge is -2.02. The third kappa shape index (κ3) is 2.62. The van der Waals surface area contributed by atoms with Crippen molar-refractivity contribution < 1.29 is 0 Å². The maximum atomic E-state index is 5.76. The molecule has 0 saturated carbocycles. The Morgan fingerprint density at radius 3 is 3.15 bits per heavy atom. The Kier molecular flexibility index (Phi) is 3.60. The lowest BCUT2D eigenvalue weighted by Crippen LogP contribution is -2.04. The summed E-state index contributed by atoms with van der Waals surface area (Å²) in [5.41, 5.74) is 8.39. The van der Waals surface area contributed by atoms with Crippen molar-refractivity contribution in [2.24, 2.45) is 0 Å². The van der Waals surface area contributed by atoms with Gasteiger partial charge in [0, 0.05) is 12.2 Å². The molecule has 3 N–H and O–H groups in total. The van der Waals surface area contributed by atoms with Gasteiger partial charge in [0.05, 0.1) is 16.8 Å². The number of imidazole rings is 1. The van der Waals surface area contributed by atoms with E-state index in [0.29, 0.717) is 0 Å². The molecule has 0 aliphatic carbocycles. The number of hydrogen-bond donors (Lipinski definition) is 2. The van der Waals surface area contributed by atoms with Crippen molar-refractivity contribution in [2.75, 3.05) is 5.73 Å². The van der Waals surface area contributed by atoms with Crippen molar-refractivity contribution in [2.45, 2.75) is 30.8 Å². The van der Waals surface area contributed by atoms with E-state index in [9.17, 15) is 0 Å². The summed E-state index contributed by atoms with van der Waals surface area (Å²) < 4.78 is 1.94. The number of nitrogens with one attached hydrogen (secondary N) is 1. The number of nitrogens with zero attached hydrogens (tertiary/aromatic N) is 4. The molecule has 6 nitrogen and oxygen atoms in total. The topological polar surface area (TPSA) is 85.4 Å². The minimum atomic E-state index is 0.736. The van der Waals surface area contributed by atoms with Crippen LogP contribution >= 0.6 is 11.8 Å². The predicted octanol–water partition coefficient (Wildman–Crippen LogP) is 2.44. The van der Waals surface area contributed by atoms with Gasteiger partial charge >= 0.3 is 0 Å². The molecule has 104 valence electrons. The predicted molar refractivity (Wildman–Crippen MR) is 80.4 cm³/mol. The summed E-state index contributed by atoms with van der Waals surface area (Å²) >= 11 is 1.62. The summed E-state index contributed by atoms with van der Waals surface area (Å²) in [6, 6.07) is 5.67. The number of aromatic nitrogens is 5. The van der Waals surface area contributed by atoms with Crippen molar-refractivity contribution in [3.05, 3.63) is 30.4 Å². The van der Waals surface area contributed by atoms with Gasteiger partial charge in [-0.05, 0) is 24.6 Å². The highest BCUT2D eigenvalue weighted by Crippen LogP contribution is 2.23. The third-order valence-electron chi connectivity index (χ3n) is 2.95. The molecule has 3 aromatic rings. The van der Waals surface area contributed by atoms with E-state index in [1.165, 1.54) is 0 Å². The number of anilines is 1. The molecule has 0 spiro atoms. The number of rotatable bonds is 5. The quantitative estimate of drug-likeness (QED) is 0.556. The highest BCUT2D eigenvalue weighted by molar-refractivity contribution is 7.98. The number of benzene rings is 1. The summed E-state index contributed by atoms with van der Waals surface area (Å²) in [7, 11) is 0. The van der Waals surface area contributed by atoms with Crippen molar-refractivity contribution in [3.63, 3.8) is 0 Å². The van der Waals surface area contributed by atoms with Crippen LogP contribution in [0.5, 0.6) is 0 Å². The van der Waals surface area contributed by atoms with Crippen molar-refractivity contribution in [1.29, 1.82) is 0 Å². The Labute approximate surface area is 120 Å². The van der Waals surface area contributed by atoms with E-state index in [-0.39, 0.29) is 0 Å². The average molecular weight is 288 g/mol. The molecule has 0 atom stereocenters. The molecule has 0 amide bonds. The molecular formula is C13H16N6S. The SMILES string of the molecule is CCCn1ncnc1CSc1nc2ccc(N)cc2[nH]1. The zero-order valence-corrected chi connectivity index (χ0v) is 12.0. The molecule has 0 fully saturated rings. The highest BCUT2D eigenvalue weighted by atomic mass is 32.2. The van der Waals surface area contributed by atoms with E-state index in [0.717, 1.165) is 46.4 Å².